The highest BCUT2D eigenvalue weighted by Crippen LogP contribution is 2.21. The van der Waals surface area contributed by atoms with Crippen LogP contribution in [-0.4, -0.2) is 46.3 Å². The van der Waals surface area contributed by atoms with E-state index in [1.165, 1.54) is 6.26 Å². The first-order chi connectivity index (χ1) is 14.7. The van der Waals surface area contributed by atoms with E-state index in [2.05, 4.69) is 10.3 Å². The SMILES string of the molecule is O=C(Cc1ccccc1)NCc1ccc(-c2nc(C(=O)N3CCSCC3)co2)cc1. The number of oxazole rings is 1. The third-order valence-corrected chi connectivity index (χ3v) is 5.86. The molecule has 0 saturated carbocycles. The summed E-state index contributed by atoms with van der Waals surface area (Å²) in [6.45, 7) is 1.95. The predicted molar refractivity (Wildman–Crippen MR) is 117 cm³/mol. The van der Waals surface area contributed by atoms with E-state index in [4.69, 9.17) is 4.42 Å². The van der Waals surface area contributed by atoms with E-state index < -0.39 is 0 Å². The maximum atomic E-state index is 12.5. The second-order valence-electron chi connectivity index (χ2n) is 7.08. The van der Waals surface area contributed by atoms with Crippen molar-refractivity contribution in [1.29, 1.82) is 0 Å². The molecule has 1 aromatic heterocycles. The Kier molecular flexibility index (Phi) is 6.49. The highest BCUT2D eigenvalue weighted by molar-refractivity contribution is 7.99. The van der Waals surface area contributed by atoms with Gasteiger partial charge in [0.05, 0.1) is 6.42 Å². The molecule has 30 heavy (non-hydrogen) atoms. The van der Waals surface area contributed by atoms with Gasteiger partial charge in [-0.25, -0.2) is 4.98 Å². The summed E-state index contributed by atoms with van der Waals surface area (Å²) >= 11 is 1.86. The maximum absolute atomic E-state index is 12.5. The molecule has 0 bridgehead atoms. The Morgan fingerprint density at radius 2 is 1.73 bits per heavy atom. The highest BCUT2D eigenvalue weighted by Gasteiger charge is 2.21. The van der Waals surface area contributed by atoms with Crippen LogP contribution in [0.25, 0.3) is 11.5 Å². The predicted octanol–water partition coefficient (Wildman–Crippen LogP) is 3.39. The van der Waals surface area contributed by atoms with Gasteiger partial charge in [-0.3, -0.25) is 9.59 Å². The number of hydrogen-bond acceptors (Lipinski definition) is 5. The van der Waals surface area contributed by atoms with Crippen molar-refractivity contribution in [3.05, 3.63) is 77.7 Å². The lowest BCUT2D eigenvalue weighted by molar-refractivity contribution is -0.120. The summed E-state index contributed by atoms with van der Waals surface area (Å²) in [4.78, 5) is 30.8. The van der Waals surface area contributed by atoms with E-state index in [-0.39, 0.29) is 11.8 Å². The number of amides is 2. The van der Waals surface area contributed by atoms with Crippen LogP contribution in [0.2, 0.25) is 0 Å². The molecule has 6 nitrogen and oxygen atoms in total. The number of nitrogens with zero attached hydrogens (tertiary/aromatic N) is 2. The molecule has 1 saturated heterocycles. The van der Waals surface area contributed by atoms with Crippen molar-refractivity contribution in [2.24, 2.45) is 0 Å². The Hall–Kier alpha value is -3.06. The number of aromatic nitrogens is 1. The van der Waals surface area contributed by atoms with Crippen LogP contribution >= 0.6 is 11.8 Å². The van der Waals surface area contributed by atoms with Crippen LogP contribution in [0.5, 0.6) is 0 Å². The molecule has 2 amide bonds. The fourth-order valence-electron chi connectivity index (χ4n) is 3.24. The van der Waals surface area contributed by atoms with Gasteiger partial charge in [0, 0.05) is 36.7 Å². The minimum Gasteiger partial charge on any atom is -0.444 e. The number of carbonyl (C=O) groups excluding carboxylic acids is 2. The standard InChI is InChI=1S/C23H23N3O3S/c27-21(14-17-4-2-1-3-5-17)24-15-18-6-8-19(9-7-18)22-25-20(16-29-22)23(28)26-10-12-30-13-11-26/h1-9,16H,10-15H2,(H,24,27). The van der Waals surface area contributed by atoms with Gasteiger partial charge < -0.3 is 14.6 Å². The summed E-state index contributed by atoms with van der Waals surface area (Å²) in [5.74, 6) is 2.24. The van der Waals surface area contributed by atoms with E-state index in [0.717, 1.165) is 41.3 Å². The quantitative estimate of drug-likeness (QED) is 0.660. The van der Waals surface area contributed by atoms with Crippen LogP contribution in [-0.2, 0) is 17.8 Å². The third-order valence-electron chi connectivity index (χ3n) is 4.92. The minimum atomic E-state index is -0.0805. The zero-order chi connectivity index (χ0) is 20.8. The first kappa shape index (κ1) is 20.2. The first-order valence-corrected chi connectivity index (χ1v) is 11.1. The van der Waals surface area contributed by atoms with Crippen molar-refractivity contribution in [2.45, 2.75) is 13.0 Å². The van der Waals surface area contributed by atoms with Crippen molar-refractivity contribution in [1.82, 2.24) is 15.2 Å². The van der Waals surface area contributed by atoms with E-state index >= 15 is 0 Å². The number of carbonyl (C=O) groups is 2. The van der Waals surface area contributed by atoms with Crippen LogP contribution in [0.15, 0.2) is 65.3 Å². The molecule has 1 aliphatic heterocycles. The first-order valence-electron chi connectivity index (χ1n) is 9.91. The van der Waals surface area contributed by atoms with Gasteiger partial charge in [0.15, 0.2) is 5.69 Å². The molecule has 1 fully saturated rings. The Balaban J connectivity index is 1.33. The molecule has 0 radical (unpaired) electrons. The average Bonchev–Trinajstić information content (AvgIpc) is 3.29. The summed E-state index contributed by atoms with van der Waals surface area (Å²) in [5.41, 5.74) is 3.11. The molecule has 2 heterocycles. The lowest BCUT2D eigenvalue weighted by Crippen LogP contribution is -2.38. The molecule has 1 aliphatic rings. The van der Waals surface area contributed by atoms with Crippen LogP contribution in [0.4, 0.5) is 0 Å². The molecule has 1 N–H and O–H groups in total. The summed E-state index contributed by atoms with van der Waals surface area (Å²) in [6.07, 6.45) is 1.79. The number of nitrogens with one attached hydrogen (secondary N) is 1. The van der Waals surface area contributed by atoms with Crippen molar-refractivity contribution in [2.75, 3.05) is 24.6 Å². The molecule has 0 unspecified atom stereocenters. The molecule has 0 atom stereocenters. The molecule has 3 aromatic rings. The van der Waals surface area contributed by atoms with Gasteiger partial charge in [-0.1, -0.05) is 42.5 Å². The van der Waals surface area contributed by atoms with Crippen molar-refractivity contribution in [3.63, 3.8) is 0 Å². The fourth-order valence-corrected chi connectivity index (χ4v) is 4.15. The lowest BCUT2D eigenvalue weighted by atomic mass is 10.1. The molecule has 7 heteroatoms. The second-order valence-corrected chi connectivity index (χ2v) is 8.30. The van der Waals surface area contributed by atoms with Crippen LogP contribution in [0.1, 0.15) is 21.6 Å². The average molecular weight is 422 g/mol. The Morgan fingerprint density at radius 1 is 1.00 bits per heavy atom. The van der Waals surface area contributed by atoms with Crippen LogP contribution in [0.3, 0.4) is 0 Å². The van der Waals surface area contributed by atoms with Gasteiger partial charge in [0.2, 0.25) is 11.8 Å². The van der Waals surface area contributed by atoms with Gasteiger partial charge in [0.1, 0.15) is 6.26 Å². The molecule has 4 rings (SSSR count). The second kappa shape index (κ2) is 9.63. The summed E-state index contributed by atoms with van der Waals surface area (Å²) < 4.78 is 5.53. The summed E-state index contributed by atoms with van der Waals surface area (Å²) in [5, 5.41) is 2.93. The zero-order valence-corrected chi connectivity index (χ0v) is 17.4. The summed E-state index contributed by atoms with van der Waals surface area (Å²) in [7, 11) is 0. The van der Waals surface area contributed by atoms with Crippen molar-refractivity contribution in [3.8, 4) is 11.5 Å². The Bertz CT molecular complexity index is 996. The lowest BCUT2D eigenvalue weighted by Gasteiger charge is -2.25. The van der Waals surface area contributed by atoms with Crippen LogP contribution in [0, 0.1) is 0 Å². The van der Waals surface area contributed by atoms with Gasteiger partial charge in [-0.2, -0.15) is 11.8 Å². The number of thioether (sulfide) groups is 1. The van der Waals surface area contributed by atoms with E-state index in [9.17, 15) is 9.59 Å². The minimum absolute atomic E-state index is 0.0164. The molecular weight excluding hydrogens is 398 g/mol. The maximum Gasteiger partial charge on any atom is 0.275 e. The highest BCUT2D eigenvalue weighted by atomic mass is 32.2. The topological polar surface area (TPSA) is 75.4 Å². The molecule has 154 valence electrons. The van der Waals surface area contributed by atoms with Gasteiger partial charge in [0.25, 0.3) is 5.91 Å². The fraction of sp³-hybridized carbons (Fsp3) is 0.261. The van der Waals surface area contributed by atoms with Crippen molar-refractivity contribution >= 4 is 23.6 Å². The summed E-state index contributed by atoms with van der Waals surface area (Å²) in [6, 6.07) is 17.3. The number of benzene rings is 2. The molecular formula is C23H23N3O3S. The monoisotopic (exact) mass is 421 g/mol. The van der Waals surface area contributed by atoms with E-state index in [1.807, 2.05) is 71.3 Å². The smallest absolute Gasteiger partial charge is 0.275 e. The number of rotatable bonds is 6. The van der Waals surface area contributed by atoms with E-state index in [1.54, 1.807) is 0 Å². The normalized spacial score (nSPS) is 13.8. The zero-order valence-electron chi connectivity index (χ0n) is 16.5. The molecule has 2 aromatic carbocycles. The Morgan fingerprint density at radius 3 is 2.47 bits per heavy atom. The largest absolute Gasteiger partial charge is 0.444 e. The molecule has 0 aliphatic carbocycles. The van der Waals surface area contributed by atoms with Crippen LogP contribution < -0.4 is 5.32 Å². The van der Waals surface area contributed by atoms with E-state index in [0.29, 0.717) is 24.6 Å². The van der Waals surface area contributed by atoms with Crippen molar-refractivity contribution < 1.29 is 14.0 Å². The molecule has 0 spiro atoms. The van der Waals surface area contributed by atoms with Gasteiger partial charge in [-0.05, 0) is 23.3 Å². The Labute approximate surface area is 179 Å². The van der Waals surface area contributed by atoms with Gasteiger partial charge in [-0.15, -0.1) is 0 Å². The number of hydrogen-bond donors (Lipinski definition) is 1. The van der Waals surface area contributed by atoms with Gasteiger partial charge >= 0.3 is 0 Å². The third kappa shape index (κ3) is 5.10.